The lowest BCUT2D eigenvalue weighted by molar-refractivity contribution is -0.135. The van der Waals surface area contributed by atoms with Crippen molar-refractivity contribution >= 4 is 34.6 Å². The highest BCUT2D eigenvalue weighted by molar-refractivity contribution is 14.1. The minimum Gasteiger partial charge on any atom is -0.490 e. The van der Waals surface area contributed by atoms with Crippen molar-refractivity contribution in [1.82, 2.24) is 0 Å². The van der Waals surface area contributed by atoms with Gasteiger partial charge in [-0.25, -0.2) is 4.79 Å². The van der Waals surface area contributed by atoms with E-state index in [0.717, 1.165) is 3.57 Å². The minimum atomic E-state index is -1.11. The largest absolute Gasteiger partial charge is 0.490 e. The number of halogens is 1. The predicted octanol–water partition coefficient (Wildman–Crippen LogP) is 2.78. The summed E-state index contributed by atoms with van der Waals surface area (Å²) in [5.41, 5.74) is 0.705. The van der Waals surface area contributed by atoms with Gasteiger partial charge in [-0.15, -0.1) is 0 Å². The number of benzene rings is 1. The topological polar surface area (TPSA) is 65.0 Å². The molecular formula is C14H17IO5. The number of methoxy groups -OCH3 is 1. The fraction of sp³-hybridized carbons (Fsp3) is 0.357. The van der Waals surface area contributed by atoms with Crippen LogP contribution in [0.15, 0.2) is 24.0 Å². The molecule has 0 aliphatic rings. The molecule has 0 spiro atoms. The third kappa shape index (κ3) is 5.38. The molecular weight excluding hydrogens is 375 g/mol. The van der Waals surface area contributed by atoms with E-state index in [-0.39, 0.29) is 5.76 Å². The van der Waals surface area contributed by atoms with Gasteiger partial charge >= 0.3 is 5.97 Å². The van der Waals surface area contributed by atoms with Crippen LogP contribution in [0.2, 0.25) is 0 Å². The molecule has 1 rings (SSSR count). The first-order valence-electron chi connectivity index (χ1n) is 6.07. The molecule has 0 aliphatic heterocycles. The van der Waals surface area contributed by atoms with Gasteiger partial charge < -0.3 is 19.3 Å². The Morgan fingerprint density at radius 3 is 2.75 bits per heavy atom. The van der Waals surface area contributed by atoms with E-state index in [1.165, 1.54) is 13.2 Å². The van der Waals surface area contributed by atoms with E-state index in [2.05, 4.69) is 22.6 Å². The number of aliphatic carboxylic acids is 1. The average molecular weight is 392 g/mol. The van der Waals surface area contributed by atoms with E-state index in [4.69, 9.17) is 19.3 Å². The maximum absolute atomic E-state index is 10.9. The van der Waals surface area contributed by atoms with E-state index < -0.39 is 5.97 Å². The van der Waals surface area contributed by atoms with E-state index in [0.29, 0.717) is 31.1 Å². The van der Waals surface area contributed by atoms with Crippen molar-refractivity contribution in [2.45, 2.75) is 6.92 Å². The van der Waals surface area contributed by atoms with Gasteiger partial charge in [0.25, 0.3) is 0 Å². The molecule has 0 unspecified atom stereocenters. The number of carbonyl (C=O) groups is 1. The van der Waals surface area contributed by atoms with Crippen molar-refractivity contribution in [2.75, 3.05) is 26.9 Å². The van der Waals surface area contributed by atoms with Crippen LogP contribution < -0.4 is 4.74 Å². The number of hydrogen-bond acceptors (Lipinski definition) is 4. The standard InChI is InChI=1S/C14H17IO5/c1-3-19-6-7-20-12-8-10(4-5-11(12)15)9-13(18-2)14(16)17/h4-5,8-9H,3,6-7H2,1-2H3,(H,16,17)/b13-9+. The molecule has 1 aromatic carbocycles. The number of carboxylic acid groups (broad SMARTS) is 1. The molecule has 5 nitrogen and oxygen atoms in total. The molecule has 0 bridgehead atoms. The molecule has 0 fully saturated rings. The Balaban J connectivity index is 2.82. The SMILES string of the molecule is CCOCCOc1cc(/C=C(/OC)C(=O)O)ccc1I. The van der Waals surface area contributed by atoms with E-state index in [1.54, 1.807) is 12.1 Å². The molecule has 0 saturated carbocycles. The van der Waals surface area contributed by atoms with Gasteiger partial charge in [0.1, 0.15) is 12.4 Å². The van der Waals surface area contributed by atoms with Gasteiger partial charge in [0, 0.05) is 6.61 Å². The average Bonchev–Trinajstić information content (AvgIpc) is 2.43. The summed E-state index contributed by atoms with van der Waals surface area (Å²) in [7, 11) is 1.33. The number of hydrogen-bond donors (Lipinski definition) is 1. The molecule has 0 aromatic heterocycles. The molecule has 1 aromatic rings. The molecule has 1 N–H and O–H groups in total. The van der Waals surface area contributed by atoms with Gasteiger partial charge in [-0.3, -0.25) is 0 Å². The molecule has 20 heavy (non-hydrogen) atoms. The Bertz CT molecular complexity index is 484. The lowest BCUT2D eigenvalue weighted by Crippen LogP contribution is -2.07. The zero-order valence-electron chi connectivity index (χ0n) is 11.4. The van der Waals surface area contributed by atoms with Crippen LogP contribution in [0.3, 0.4) is 0 Å². The zero-order valence-corrected chi connectivity index (χ0v) is 13.5. The fourth-order valence-electron chi connectivity index (χ4n) is 1.43. The highest BCUT2D eigenvalue weighted by Crippen LogP contribution is 2.23. The second-order valence-electron chi connectivity index (χ2n) is 3.75. The Hall–Kier alpha value is -1.28. The number of rotatable bonds is 8. The van der Waals surface area contributed by atoms with Crippen LogP contribution in [0.25, 0.3) is 6.08 Å². The van der Waals surface area contributed by atoms with Gasteiger partial charge in [-0.05, 0) is 53.3 Å². The lowest BCUT2D eigenvalue weighted by atomic mass is 10.2. The molecule has 0 radical (unpaired) electrons. The van der Waals surface area contributed by atoms with Crippen molar-refractivity contribution in [3.05, 3.63) is 33.1 Å². The van der Waals surface area contributed by atoms with Gasteiger partial charge in [0.2, 0.25) is 5.76 Å². The van der Waals surface area contributed by atoms with Crippen LogP contribution in [-0.4, -0.2) is 38.0 Å². The van der Waals surface area contributed by atoms with Crippen LogP contribution in [0.5, 0.6) is 5.75 Å². The first kappa shape index (κ1) is 16.8. The molecule has 0 atom stereocenters. The first-order valence-corrected chi connectivity index (χ1v) is 7.15. The zero-order chi connectivity index (χ0) is 15.0. The lowest BCUT2D eigenvalue weighted by Gasteiger charge is -2.09. The summed E-state index contributed by atoms with van der Waals surface area (Å²) in [5.74, 6) is -0.531. The summed E-state index contributed by atoms with van der Waals surface area (Å²) in [6, 6.07) is 5.44. The van der Waals surface area contributed by atoms with Crippen LogP contribution in [0, 0.1) is 3.57 Å². The molecule has 0 aliphatic carbocycles. The van der Waals surface area contributed by atoms with E-state index in [9.17, 15) is 4.79 Å². The summed E-state index contributed by atoms with van der Waals surface area (Å²) < 4.78 is 16.6. The smallest absolute Gasteiger partial charge is 0.371 e. The minimum absolute atomic E-state index is 0.119. The second kappa shape index (κ2) is 8.80. The Morgan fingerprint density at radius 2 is 2.15 bits per heavy atom. The van der Waals surface area contributed by atoms with E-state index in [1.807, 2.05) is 13.0 Å². The summed E-state index contributed by atoms with van der Waals surface area (Å²) in [6.07, 6.45) is 1.45. The highest BCUT2D eigenvalue weighted by atomic mass is 127. The number of carboxylic acids is 1. The quantitative estimate of drug-likeness (QED) is 0.319. The second-order valence-corrected chi connectivity index (χ2v) is 4.92. The summed E-state index contributed by atoms with van der Waals surface area (Å²) >= 11 is 2.16. The third-order valence-electron chi connectivity index (χ3n) is 2.37. The fourth-order valence-corrected chi connectivity index (χ4v) is 1.93. The summed E-state index contributed by atoms with van der Waals surface area (Å²) in [6.45, 7) is 3.55. The van der Waals surface area contributed by atoms with Crippen LogP contribution >= 0.6 is 22.6 Å². The Morgan fingerprint density at radius 1 is 1.40 bits per heavy atom. The summed E-state index contributed by atoms with van der Waals surface area (Å²) in [5, 5.41) is 8.92. The Labute approximate surface area is 131 Å². The van der Waals surface area contributed by atoms with Crippen molar-refractivity contribution in [2.24, 2.45) is 0 Å². The van der Waals surface area contributed by atoms with Gasteiger partial charge in [-0.2, -0.15) is 0 Å². The normalized spacial score (nSPS) is 11.2. The van der Waals surface area contributed by atoms with Crippen molar-refractivity contribution < 1.29 is 24.1 Å². The summed E-state index contributed by atoms with van der Waals surface area (Å²) in [4.78, 5) is 10.9. The third-order valence-corrected chi connectivity index (χ3v) is 3.26. The molecule has 0 saturated heterocycles. The molecule has 6 heteroatoms. The van der Waals surface area contributed by atoms with Crippen LogP contribution in [-0.2, 0) is 14.3 Å². The van der Waals surface area contributed by atoms with Crippen LogP contribution in [0.1, 0.15) is 12.5 Å². The van der Waals surface area contributed by atoms with Crippen molar-refractivity contribution in [1.29, 1.82) is 0 Å². The molecule has 0 amide bonds. The predicted molar refractivity (Wildman–Crippen MR) is 83.8 cm³/mol. The van der Waals surface area contributed by atoms with Gasteiger partial charge in [0.15, 0.2) is 0 Å². The van der Waals surface area contributed by atoms with Crippen molar-refractivity contribution in [3.8, 4) is 5.75 Å². The molecule has 0 heterocycles. The maximum atomic E-state index is 10.9. The first-order chi connectivity index (χ1) is 9.58. The molecule has 110 valence electrons. The van der Waals surface area contributed by atoms with E-state index >= 15 is 0 Å². The maximum Gasteiger partial charge on any atom is 0.371 e. The van der Waals surface area contributed by atoms with Gasteiger partial charge in [-0.1, -0.05) is 6.07 Å². The van der Waals surface area contributed by atoms with Crippen molar-refractivity contribution in [3.63, 3.8) is 0 Å². The Kier molecular flexibility index (Phi) is 7.38. The highest BCUT2D eigenvalue weighted by Gasteiger charge is 2.08. The number of ether oxygens (including phenoxy) is 3. The van der Waals surface area contributed by atoms with Crippen LogP contribution in [0.4, 0.5) is 0 Å². The van der Waals surface area contributed by atoms with Gasteiger partial charge in [0.05, 0.1) is 17.3 Å². The monoisotopic (exact) mass is 392 g/mol.